The van der Waals surface area contributed by atoms with E-state index in [4.69, 9.17) is 4.74 Å². The Morgan fingerprint density at radius 1 is 1.59 bits per heavy atom. The third kappa shape index (κ3) is 2.22. The second-order valence-corrected chi connectivity index (χ2v) is 7.13. The summed E-state index contributed by atoms with van der Waals surface area (Å²) in [5.41, 5.74) is 0. The van der Waals surface area contributed by atoms with Gasteiger partial charge < -0.3 is 9.64 Å². The average Bonchev–Trinajstić information content (AvgIpc) is 2.66. The van der Waals surface area contributed by atoms with Gasteiger partial charge in [0.15, 0.2) is 0 Å². The standard InChI is InChI=1S/C13H23NO2S/c1-5-13(4)12(15)14-10(9(2)3)8-16-11(14)6-7-17-13/h9-11H,5-8H2,1-4H3/t10-,11-,13+/m1/s1. The molecule has 3 nitrogen and oxygen atoms in total. The number of thioether (sulfide) groups is 1. The van der Waals surface area contributed by atoms with E-state index < -0.39 is 0 Å². The highest BCUT2D eigenvalue weighted by molar-refractivity contribution is 8.01. The van der Waals surface area contributed by atoms with Crippen molar-refractivity contribution in [3.63, 3.8) is 0 Å². The predicted molar refractivity (Wildman–Crippen MR) is 71.0 cm³/mol. The Bertz CT molecular complexity index is 308. The highest BCUT2D eigenvalue weighted by atomic mass is 32.2. The molecule has 2 rings (SSSR count). The first-order chi connectivity index (χ1) is 7.99. The molecule has 1 amide bonds. The van der Waals surface area contributed by atoms with Gasteiger partial charge in [-0.05, 0) is 25.0 Å². The summed E-state index contributed by atoms with van der Waals surface area (Å²) in [7, 11) is 0. The van der Waals surface area contributed by atoms with Gasteiger partial charge >= 0.3 is 0 Å². The molecule has 0 aliphatic carbocycles. The zero-order valence-electron chi connectivity index (χ0n) is 11.2. The molecule has 0 bridgehead atoms. The summed E-state index contributed by atoms with van der Waals surface area (Å²) in [6, 6.07) is 0.261. The van der Waals surface area contributed by atoms with Crippen LogP contribution in [-0.2, 0) is 9.53 Å². The van der Waals surface area contributed by atoms with Crippen molar-refractivity contribution in [2.24, 2.45) is 5.92 Å². The minimum Gasteiger partial charge on any atom is -0.356 e. The minimum atomic E-state index is -0.254. The van der Waals surface area contributed by atoms with Crippen LogP contribution in [0.5, 0.6) is 0 Å². The largest absolute Gasteiger partial charge is 0.356 e. The quantitative estimate of drug-likeness (QED) is 0.761. The SMILES string of the molecule is CC[C@]1(C)SCC[C@H]2OC[C@H](C(C)C)N2C1=O. The Balaban J connectivity index is 2.27. The van der Waals surface area contributed by atoms with E-state index in [1.54, 1.807) is 11.8 Å². The van der Waals surface area contributed by atoms with Crippen molar-refractivity contribution in [3.8, 4) is 0 Å². The summed E-state index contributed by atoms with van der Waals surface area (Å²) < 4.78 is 5.56. The van der Waals surface area contributed by atoms with Crippen molar-refractivity contribution >= 4 is 17.7 Å². The zero-order chi connectivity index (χ0) is 12.6. The van der Waals surface area contributed by atoms with E-state index in [1.807, 2.05) is 4.90 Å². The molecule has 2 aliphatic rings. The van der Waals surface area contributed by atoms with Crippen molar-refractivity contribution in [1.82, 2.24) is 4.90 Å². The van der Waals surface area contributed by atoms with Gasteiger partial charge in [0.2, 0.25) is 5.91 Å². The van der Waals surface area contributed by atoms with E-state index in [2.05, 4.69) is 27.7 Å². The third-order valence-corrected chi connectivity index (χ3v) is 5.58. The van der Waals surface area contributed by atoms with Crippen LogP contribution in [0.25, 0.3) is 0 Å². The molecule has 0 unspecified atom stereocenters. The van der Waals surface area contributed by atoms with Gasteiger partial charge in [0, 0.05) is 6.42 Å². The van der Waals surface area contributed by atoms with Gasteiger partial charge in [-0.15, -0.1) is 11.8 Å². The molecule has 0 aromatic rings. The van der Waals surface area contributed by atoms with Crippen LogP contribution in [0, 0.1) is 5.92 Å². The maximum Gasteiger partial charge on any atom is 0.240 e. The van der Waals surface area contributed by atoms with Crippen LogP contribution in [0.3, 0.4) is 0 Å². The molecular weight excluding hydrogens is 234 g/mol. The van der Waals surface area contributed by atoms with Crippen LogP contribution in [0.1, 0.15) is 40.5 Å². The first-order valence-corrected chi connectivity index (χ1v) is 7.56. The molecule has 0 aromatic carbocycles. The second kappa shape index (κ2) is 4.81. The van der Waals surface area contributed by atoms with E-state index in [-0.39, 0.29) is 22.9 Å². The van der Waals surface area contributed by atoms with E-state index in [9.17, 15) is 4.79 Å². The number of ether oxygens (including phenoxy) is 1. The van der Waals surface area contributed by atoms with E-state index >= 15 is 0 Å². The van der Waals surface area contributed by atoms with Crippen LogP contribution in [0.15, 0.2) is 0 Å². The van der Waals surface area contributed by atoms with E-state index in [0.717, 1.165) is 18.6 Å². The number of fused-ring (bicyclic) bond motifs is 1. The van der Waals surface area contributed by atoms with Crippen molar-refractivity contribution in [3.05, 3.63) is 0 Å². The van der Waals surface area contributed by atoms with Gasteiger partial charge in [0.25, 0.3) is 0 Å². The Labute approximate surface area is 108 Å². The normalized spacial score (nSPS) is 38.4. The van der Waals surface area contributed by atoms with Gasteiger partial charge in [0.05, 0.1) is 17.4 Å². The highest BCUT2D eigenvalue weighted by Crippen LogP contribution is 2.39. The summed E-state index contributed by atoms with van der Waals surface area (Å²) in [6.07, 6.45) is 1.88. The van der Waals surface area contributed by atoms with Crippen LogP contribution in [0.4, 0.5) is 0 Å². The van der Waals surface area contributed by atoms with Gasteiger partial charge in [-0.3, -0.25) is 4.79 Å². The highest BCUT2D eigenvalue weighted by Gasteiger charge is 2.47. The maximum absolute atomic E-state index is 12.7. The van der Waals surface area contributed by atoms with E-state index in [0.29, 0.717) is 12.5 Å². The van der Waals surface area contributed by atoms with Gasteiger partial charge in [-0.1, -0.05) is 20.8 Å². The lowest BCUT2D eigenvalue weighted by Gasteiger charge is -2.34. The molecule has 0 N–H and O–H groups in total. The molecule has 4 heteroatoms. The summed E-state index contributed by atoms with van der Waals surface area (Å²) >= 11 is 1.79. The Morgan fingerprint density at radius 3 is 2.88 bits per heavy atom. The fraction of sp³-hybridized carbons (Fsp3) is 0.923. The molecule has 17 heavy (non-hydrogen) atoms. The predicted octanol–water partition coefficient (Wildman–Crippen LogP) is 2.50. The molecule has 98 valence electrons. The number of hydrogen-bond donors (Lipinski definition) is 0. The van der Waals surface area contributed by atoms with E-state index in [1.165, 1.54) is 0 Å². The fourth-order valence-electron chi connectivity index (χ4n) is 2.57. The fourth-order valence-corrected chi connectivity index (χ4v) is 3.78. The van der Waals surface area contributed by atoms with Crippen molar-refractivity contribution < 1.29 is 9.53 Å². The van der Waals surface area contributed by atoms with Crippen molar-refractivity contribution in [1.29, 1.82) is 0 Å². The summed E-state index contributed by atoms with van der Waals surface area (Å²) in [5.74, 6) is 1.76. The van der Waals surface area contributed by atoms with Crippen LogP contribution >= 0.6 is 11.8 Å². The number of hydrogen-bond acceptors (Lipinski definition) is 3. The molecule has 2 aliphatic heterocycles. The van der Waals surface area contributed by atoms with Crippen molar-refractivity contribution in [2.45, 2.75) is 57.6 Å². The Kier molecular flexibility index (Phi) is 3.74. The molecule has 2 heterocycles. The number of carbonyl (C=O) groups is 1. The van der Waals surface area contributed by atoms with Crippen molar-refractivity contribution in [2.75, 3.05) is 12.4 Å². The molecule has 0 saturated carbocycles. The second-order valence-electron chi connectivity index (χ2n) is 5.53. The first kappa shape index (κ1) is 13.2. The number of rotatable bonds is 2. The number of carbonyl (C=O) groups excluding carboxylic acids is 1. The van der Waals surface area contributed by atoms with Gasteiger partial charge in [-0.25, -0.2) is 0 Å². The smallest absolute Gasteiger partial charge is 0.240 e. The maximum atomic E-state index is 12.7. The lowest BCUT2D eigenvalue weighted by Crippen LogP contribution is -2.50. The summed E-state index contributed by atoms with van der Waals surface area (Å²) in [6.45, 7) is 9.24. The van der Waals surface area contributed by atoms with Crippen LogP contribution in [0.2, 0.25) is 0 Å². The van der Waals surface area contributed by atoms with Gasteiger partial charge in [-0.2, -0.15) is 0 Å². The summed E-state index contributed by atoms with van der Waals surface area (Å²) in [4.78, 5) is 14.8. The average molecular weight is 257 g/mol. The van der Waals surface area contributed by atoms with Crippen LogP contribution < -0.4 is 0 Å². The topological polar surface area (TPSA) is 29.5 Å². The molecule has 0 aromatic heterocycles. The lowest BCUT2D eigenvalue weighted by atomic mass is 10.00. The first-order valence-electron chi connectivity index (χ1n) is 6.58. The molecule has 0 spiro atoms. The Hall–Kier alpha value is -0.220. The lowest BCUT2D eigenvalue weighted by molar-refractivity contribution is -0.140. The zero-order valence-corrected chi connectivity index (χ0v) is 12.0. The Morgan fingerprint density at radius 2 is 2.29 bits per heavy atom. The number of amides is 1. The monoisotopic (exact) mass is 257 g/mol. The molecule has 2 fully saturated rings. The molecule has 0 radical (unpaired) electrons. The minimum absolute atomic E-state index is 0.0239. The van der Waals surface area contributed by atoms with Gasteiger partial charge in [0.1, 0.15) is 6.23 Å². The third-order valence-electron chi connectivity index (χ3n) is 4.04. The summed E-state index contributed by atoms with van der Waals surface area (Å²) in [5, 5.41) is 0. The number of nitrogens with zero attached hydrogens (tertiary/aromatic N) is 1. The molecular formula is C13H23NO2S. The molecule has 2 saturated heterocycles. The molecule has 3 atom stereocenters. The van der Waals surface area contributed by atoms with Crippen LogP contribution in [-0.4, -0.2) is 40.2 Å².